The van der Waals surface area contributed by atoms with Gasteiger partial charge < -0.3 is 9.64 Å². The molecule has 1 aromatic carbocycles. The summed E-state index contributed by atoms with van der Waals surface area (Å²) in [6.07, 6.45) is 4.85. The molecule has 1 fully saturated rings. The highest BCUT2D eigenvalue weighted by atomic mass is 35.5. The first-order valence-corrected chi connectivity index (χ1v) is 10.4. The molecule has 8 nitrogen and oxygen atoms in total. The monoisotopic (exact) mass is 456 g/mol. The van der Waals surface area contributed by atoms with E-state index in [1.807, 2.05) is 13.0 Å². The molecule has 0 aliphatic carbocycles. The molecule has 3 aromatic rings. The highest BCUT2D eigenvalue weighted by Crippen LogP contribution is 2.25. The number of nitriles is 1. The zero-order valence-electron chi connectivity index (χ0n) is 16.6. The van der Waals surface area contributed by atoms with Crippen LogP contribution in [0.25, 0.3) is 5.69 Å². The fourth-order valence-corrected chi connectivity index (χ4v) is 3.60. The van der Waals surface area contributed by atoms with E-state index in [0.29, 0.717) is 42.6 Å². The smallest absolute Gasteiger partial charge is 0.275 e. The van der Waals surface area contributed by atoms with Crippen molar-refractivity contribution in [2.45, 2.75) is 25.9 Å². The number of aryl methyl sites for hydroxylation is 1. The van der Waals surface area contributed by atoms with E-state index >= 15 is 0 Å². The minimum absolute atomic E-state index is 0.0231. The molecule has 0 unspecified atom stereocenters. The van der Waals surface area contributed by atoms with Crippen molar-refractivity contribution in [3.05, 3.63) is 68.3 Å². The zero-order chi connectivity index (χ0) is 22.0. The average Bonchev–Trinajstić information content (AvgIpc) is 2.77. The third kappa shape index (κ3) is 4.63. The lowest BCUT2D eigenvalue weighted by molar-refractivity contribution is 0.168. The van der Waals surface area contributed by atoms with Crippen LogP contribution in [0.3, 0.4) is 0 Å². The van der Waals surface area contributed by atoms with Gasteiger partial charge in [0, 0.05) is 38.3 Å². The Balaban J connectivity index is 1.50. The van der Waals surface area contributed by atoms with Crippen molar-refractivity contribution in [2.75, 3.05) is 18.0 Å². The number of nitrogens with zero attached hydrogens (tertiary/aromatic N) is 6. The standard InChI is InChI=1S/C21H18Cl2N6O2/c1-13-11-25-21(26-12-13)28-6-4-15(5-7-28)31-19-9-20(30)29(27-18(19)10-24)14-2-3-16(22)17(23)8-14/h2-3,8-9,11-12,15H,4-7H2,1H3. The minimum Gasteiger partial charge on any atom is -0.487 e. The van der Waals surface area contributed by atoms with Crippen molar-refractivity contribution >= 4 is 29.2 Å². The second kappa shape index (κ2) is 8.92. The Hall–Kier alpha value is -3.15. The van der Waals surface area contributed by atoms with E-state index in [1.54, 1.807) is 24.5 Å². The Morgan fingerprint density at radius 3 is 2.48 bits per heavy atom. The largest absolute Gasteiger partial charge is 0.487 e. The van der Waals surface area contributed by atoms with Crippen molar-refractivity contribution in [1.82, 2.24) is 19.7 Å². The normalized spacial score (nSPS) is 14.3. The Labute approximate surface area is 188 Å². The number of piperidine rings is 1. The number of hydrogen-bond acceptors (Lipinski definition) is 7. The van der Waals surface area contributed by atoms with Crippen LogP contribution in [-0.2, 0) is 0 Å². The van der Waals surface area contributed by atoms with E-state index in [1.165, 1.54) is 12.1 Å². The van der Waals surface area contributed by atoms with Gasteiger partial charge in [0.25, 0.3) is 5.56 Å². The fraction of sp³-hybridized carbons (Fsp3) is 0.286. The lowest BCUT2D eigenvalue weighted by atomic mass is 10.1. The summed E-state index contributed by atoms with van der Waals surface area (Å²) in [6, 6.07) is 7.97. The van der Waals surface area contributed by atoms with Gasteiger partial charge in [-0.15, -0.1) is 5.10 Å². The van der Waals surface area contributed by atoms with Crippen LogP contribution in [0.4, 0.5) is 5.95 Å². The average molecular weight is 457 g/mol. The van der Waals surface area contributed by atoms with Crippen molar-refractivity contribution in [3.63, 3.8) is 0 Å². The first kappa shape index (κ1) is 21.1. The molecule has 0 atom stereocenters. The molecule has 0 saturated carbocycles. The van der Waals surface area contributed by atoms with Gasteiger partial charge in [-0.3, -0.25) is 4.79 Å². The molecule has 0 amide bonds. The Morgan fingerprint density at radius 1 is 1.13 bits per heavy atom. The van der Waals surface area contributed by atoms with Crippen LogP contribution in [0.2, 0.25) is 10.0 Å². The molecule has 1 aliphatic rings. The fourth-order valence-electron chi connectivity index (χ4n) is 3.31. The molecule has 2 aromatic heterocycles. The Morgan fingerprint density at radius 2 is 1.84 bits per heavy atom. The van der Waals surface area contributed by atoms with Gasteiger partial charge >= 0.3 is 0 Å². The molecule has 4 rings (SSSR count). The van der Waals surface area contributed by atoms with Crippen LogP contribution in [-0.4, -0.2) is 38.9 Å². The Kier molecular flexibility index (Phi) is 6.07. The molecule has 0 spiro atoms. The molecule has 1 aliphatic heterocycles. The van der Waals surface area contributed by atoms with Gasteiger partial charge in [-0.05, 0) is 30.7 Å². The van der Waals surface area contributed by atoms with E-state index in [4.69, 9.17) is 27.9 Å². The van der Waals surface area contributed by atoms with Crippen LogP contribution >= 0.6 is 23.2 Å². The first-order chi connectivity index (χ1) is 14.9. The second-order valence-corrected chi connectivity index (χ2v) is 8.00. The lowest BCUT2D eigenvalue weighted by Gasteiger charge is -2.32. The summed E-state index contributed by atoms with van der Waals surface area (Å²) in [5.41, 5.74) is 1.01. The van der Waals surface area contributed by atoms with Crippen molar-refractivity contribution in [1.29, 1.82) is 5.26 Å². The number of benzene rings is 1. The van der Waals surface area contributed by atoms with Gasteiger partial charge in [-0.1, -0.05) is 23.2 Å². The molecular weight excluding hydrogens is 439 g/mol. The molecule has 0 bridgehead atoms. The van der Waals surface area contributed by atoms with Crippen molar-refractivity contribution < 1.29 is 4.74 Å². The van der Waals surface area contributed by atoms with Crippen molar-refractivity contribution in [3.8, 4) is 17.5 Å². The third-order valence-corrected chi connectivity index (χ3v) is 5.68. The summed E-state index contributed by atoms with van der Waals surface area (Å²) in [5.74, 6) is 0.862. The van der Waals surface area contributed by atoms with Crippen molar-refractivity contribution in [2.24, 2.45) is 0 Å². The van der Waals surface area contributed by atoms with Crippen LogP contribution < -0.4 is 15.2 Å². The molecular formula is C21H18Cl2N6O2. The molecule has 3 heterocycles. The number of ether oxygens (including phenoxy) is 1. The molecule has 31 heavy (non-hydrogen) atoms. The Bertz CT molecular complexity index is 1200. The van der Waals surface area contributed by atoms with Gasteiger partial charge in [-0.25, -0.2) is 9.97 Å². The molecule has 1 saturated heterocycles. The van der Waals surface area contributed by atoms with Gasteiger partial charge in [0.15, 0.2) is 5.75 Å². The van der Waals surface area contributed by atoms with E-state index in [9.17, 15) is 10.1 Å². The SMILES string of the molecule is Cc1cnc(N2CCC(Oc3cc(=O)n(-c4ccc(Cl)c(Cl)c4)nc3C#N)CC2)nc1. The van der Waals surface area contributed by atoms with E-state index < -0.39 is 5.56 Å². The maximum Gasteiger partial charge on any atom is 0.275 e. The third-order valence-electron chi connectivity index (χ3n) is 4.94. The van der Waals surface area contributed by atoms with Gasteiger partial charge in [0.05, 0.1) is 21.8 Å². The quantitative estimate of drug-likeness (QED) is 0.591. The summed E-state index contributed by atoms with van der Waals surface area (Å²) in [5, 5.41) is 14.3. The molecule has 0 radical (unpaired) electrons. The number of rotatable bonds is 4. The summed E-state index contributed by atoms with van der Waals surface area (Å²) >= 11 is 12.0. The summed E-state index contributed by atoms with van der Waals surface area (Å²) < 4.78 is 7.08. The van der Waals surface area contributed by atoms with Crippen LogP contribution in [0.15, 0.2) is 41.5 Å². The number of hydrogen-bond donors (Lipinski definition) is 0. The van der Waals surface area contributed by atoms with E-state index in [2.05, 4.69) is 20.0 Å². The van der Waals surface area contributed by atoms with Gasteiger partial charge in [-0.2, -0.15) is 9.94 Å². The second-order valence-electron chi connectivity index (χ2n) is 7.18. The van der Waals surface area contributed by atoms with Crippen LogP contribution in [0, 0.1) is 18.3 Å². The van der Waals surface area contributed by atoms with Gasteiger partial charge in [0.1, 0.15) is 12.2 Å². The maximum atomic E-state index is 12.6. The number of anilines is 1. The molecule has 10 heteroatoms. The maximum absolute atomic E-state index is 12.6. The summed E-state index contributed by atoms with van der Waals surface area (Å²) in [7, 11) is 0. The van der Waals surface area contributed by atoms with E-state index in [0.717, 1.165) is 10.2 Å². The molecule has 0 N–H and O–H groups in total. The number of aromatic nitrogens is 4. The van der Waals surface area contributed by atoms with Crippen LogP contribution in [0.1, 0.15) is 24.1 Å². The highest BCUT2D eigenvalue weighted by molar-refractivity contribution is 6.42. The lowest BCUT2D eigenvalue weighted by Crippen LogP contribution is -2.39. The highest BCUT2D eigenvalue weighted by Gasteiger charge is 2.24. The zero-order valence-corrected chi connectivity index (χ0v) is 18.1. The minimum atomic E-state index is -0.433. The topological polar surface area (TPSA) is 96.9 Å². The molecule has 158 valence electrons. The summed E-state index contributed by atoms with van der Waals surface area (Å²) in [4.78, 5) is 23.4. The van der Waals surface area contributed by atoms with E-state index in [-0.39, 0.29) is 22.6 Å². The number of halogens is 2. The van der Waals surface area contributed by atoms with Gasteiger partial charge in [0.2, 0.25) is 11.6 Å². The first-order valence-electron chi connectivity index (χ1n) is 9.65. The predicted octanol–water partition coefficient (Wildman–Crippen LogP) is 3.56. The summed E-state index contributed by atoms with van der Waals surface area (Å²) in [6.45, 7) is 3.37. The van der Waals surface area contributed by atoms with Crippen LogP contribution in [0.5, 0.6) is 5.75 Å². The predicted molar refractivity (Wildman–Crippen MR) is 117 cm³/mol.